The number of likely N-dealkylation sites (tertiary alicyclic amines) is 1. The molecule has 8 heteroatoms. The molecule has 2 aromatic rings. The Hall–Kier alpha value is -2.64. The van der Waals surface area contributed by atoms with Crippen LogP contribution in [0, 0.1) is 23.6 Å². The molecule has 0 aromatic carbocycles. The predicted octanol–water partition coefficient (Wildman–Crippen LogP) is 3.82. The zero-order valence-corrected chi connectivity index (χ0v) is 19.3. The number of fused-ring (bicyclic) bond motifs is 2. The topological polar surface area (TPSA) is 75.9 Å². The Balaban J connectivity index is 1.28. The number of hydrogen-bond acceptors (Lipinski definition) is 4. The highest BCUT2D eigenvalue weighted by atomic mass is 19.1. The summed E-state index contributed by atoms with van der Waals surface area (Å²) in [7, 11) is 0. The Bertz CT molecular complexity index is 1090. The van der Waals surface area contributed by atoms with Crippen LogP contribution in [0.5, 0.6) is 0 Å². The van der Waals surface area contributed by atoms with E-state index >= 15 is 0 Å². The van der Waals surface area contributed by atoms with Crippen LogP contribution in [0.2, 0.25) is 0 Å². The summed E-state index contributed by atoms with van der Waals surface area (Å²) >= 11 is 0. The maximum atomic E-state index is 14.6. The first kappa shape index (κ1) is 21.2. The second kappa shape index (κ2) is 6.93. The molecule has 2 saturated carbocycles. The number of rotatable bonds is 4. The van der Waals surface area contributed by atoms with Crippen molar-refractivity contribution < 1.29 is 18.7 Å². The van der Waals surface area contributed by atoms with E-state index in [0.29, 0.717) is 30.3 Å². The lowest BCUT2D eigenvalue weighted by atomic mass is 10.0. The predicted molar refractivity (Wildman–Crippen MR) is 117 cm³/mol. The monoisotopic (exact) mass is 442 g/mol. The molecule has 3 fully saturated rings. The van der Waals surface area contributed by atoms with E-state index in [1.165, 1.54) is 6.07 Å². The molecule has 32 heavy (non-hydrogen) atoms. The van der Waals surface area contributed by atoms with Gasteiger partial charge in [0.2, 0.25) is 5.91 Å². The first-order valence-corrected chi connectivity index (χ1v) is 11.4. The van der Waals surface area contributed by atoms with Crippen LogP contribution in [0.3, 0.4) is 0 Å². The van der Waals surface area contributed by atoms with E-state index in [0.717, 1.165) is 18.5 Å². The van der Waals surface area contributed by atoms with E-state index < -0.39 is 11.1 Å². The second-order valence-corrected chi connectivity index (χ2v) is 11.0. The molecule has 1 saturated heterocycles. The fourth-order valence-corrected chi connectivity index (χ4v) is 5.05. The molecule has 3 atom stereocenters. The summed E-state index contributed by atoms with van der Waals surface area (Å²) in [5.74, 6) is 0.833. The van der Waals surface area contributed by atoms with Gasteiger partial charge in [0.25, 0.3) is 0 Å². The molecule has 3 aliphatic rings. The Kier molecular flexibility index (Phi) is 4.59. The standard InChI is InChI=1S/C24H31FN4O3/c1-23(2,3)32-22(31)28-11-14-15(12-28)17(14)20(30)27-24(4,5)21-26-18(13-8-9-13)19-16(25)7-6-10-29(19)21/h6-7,10,13-15,17H,8-9,11-12H2,1-5H3,(H,27,30)/t14-,15+,17?. The minimum Gasteiger partial charge on any atom is -0.444 e. The Morgan fingerprint density at radius 3 is 2.41 bits per heavy atom. The quantitative estimate of drug-likeness (QED) is 0.781. The van der Waals surface area contributed by atoms with E-state index in [2.05, 4.69) is 5.32 Å². The number of carbonyl (C=O) groups excluding carboxylic acids is 2. The summed E-state index contributed by atoms with van der Waals surface area (Å²) in [6.45, 7) is 10.4. The Labute approximate surface area is 187 Å². The normalized spacial score (nSPS) is 25.1. The maximum Gasteiger partial charge on any atom is 0.410 e. The van der Waals surface area contributed by atoms with Crippen LogP contribution in [-0.4, -0.2) is 45.0 Å². The van der Waals surface area contributed by atoms with Gasteiger partial charge in [0.15, 0.2) is 0 Å². The van der Waals surface area contributed by atoms with Gasteiger partial charge in [0.1, 0.15) is 22.8 Å². The number of ether oxygens (including phenoxy) is 1. The SMILES string of the molecule is CC(C)(C)OC(=O)N1C[C@@H]2C(C(=O)NC(C)(C)c3nc(C4CC4)c4c(F)cccn34)[C@@H]2C1. The van der Waals surface area contributed by atoms with Gasteiger partial charge in [-0.25, -0.2) is 14.2 Å². The van der Waals surface area contributed by atoms with Crippen molar-refractivity contribution in [3.63, 3.8) is 0 Å². The van der Waals surface area contributed by atoms with Gasteiger partial charge in [-0.15, -0.1) is 0 Å². The molecule has 172 valence electrons. The van der Waals surface area contributed by atoms with Crippen molar-refractivity contribution in [2.75, 3.05) is 13.1 Å². The van der Waals surface area contributed by atoms with Crippen LogP contribution < -0.4 is 5.32 Å². The lowest BCUT2D eigenvalue weighted by Crippen LogP contribution is -2.45. The van der Waals surface area contributed by atoms with Crippen LogP contribution >= 0.6 is 0 Å². The average molecular weight is 443 g/mol. The highest BCUT2D eigenvalue weighted by Gasteiger charge is 2.61. The Morgan fingerprint density at radius 1 is 1.16 bits per heavy atom. The van der Waals surface area contributed by atoms with Crippen molar-refractivity contribution in [2.24, 2.45) is 17.8 Å². The average Bonchev–Trinajstić information content (AvgIpc) is 3.55. The van der Waals surface area contributed by atoms with Gasteiger partial charge in [-0.3, -0.25) is 9.20 Å². The van der Waals surface area contributed by atoms with Gasteiger partial charge >= 0.3 is 6.09 Å². The largest absolute Gasteiger partial charge is 0.444 e. The number of imidazole rings is 1. The fraction of sp³-hybridized carbons (Fsp3) is 0.625. The number of piperidine rings is 1. The molecule has 0 bridgehead atoms. The van der Waals surface area contributed by atoms with Crippen molar-refractivity contribution >= 4 is 17.5 Å². The van der Waals surface area contributed by atoms with E-state index in [4.69, 9.17) is 9.72 Å². The van der Waals surface area contributed by atoms with E-state index in [1.54, 1.807) is 15.4 Å². The zero-order chi connectivity index (χ0) is 23.0. The molecule has 2 aromatic heterocycles. The molecule has 1 aliphatic heterocycles. The van der Waals surface area contributed by atoms with Crippen molar-refractivity contribution in [2.45, 2.75) is 64.5 Å². The minimum absolute atomic E-state index is 0.0324. The molecular formula is C24H31FN4O3. The third kappa shape index (κ3) is 3.63. The molecule has 1 unspecified atom stereocenters. The number of carbonyl (C=O) groups is 2. The van der Waals surface area contributed by atoms with E-state index in [1.807, 2.05) is 40.8 Å². The second-order valence-electron chi connectivity index (χ2n) is 11.0. The van der Waals surface area contributed by atoms with E-state index in [-0.39, 0.29) is 35.6 Å². The first-order chi connectivity index (χ1) is 15.0. The molecule has 7 nitrogen and oxygen atoms in total. The zero-order valence-electron chi connectivity index (χ0n) is 19.3. The van der Waals surface area contributed by atoms with Crippen molar-refractivity contribution in [3.8, 4) is 0 Å². The van der Waals surface area contributed by atoms with Gasteiger partial charge in [-0.05, 0) is 71.4 Å². The van der Waals surface area contributed by atoms with E-state index in [9.17, 15) is 14.0 Å². The molecule has 0 radical (unpaired) electrons. The van der Waals surface area contributed by atoms with Crippen molar-refractivity contribution in [1.29, 1.82) is 0 Å². The molecule has 3 heterocycles. The van der Waals surface area contributed by atoms with Crippen LogP contribution in [0.15, 0.2) is 18.3 Å². The molecular weight excluding hydrogens is 411 g/mol. The Morgan fingerprint density at radius 2 is 1.81 bits per heavy atom. The van der Waals surface area contributed by atoms with Gasteiger partial charge in [-0.1, -0.05) is 0 Å². The number of halogens is 1. The number of hydrogen-bond donors (Lipinski definition) is 1. The summed E-state index contributed by atoms with van der Waals surface area (Å²) < 4.78 is 21.8. The molecule has 2 amide bonds. The highest BCUT2D eigenvalue weighted by Crippen LogP contribution is 2.52. The molecule has 0 spiro atoms. The molecule has 1 N–H and O–H groups in total. The molecule has 2 aliphatic carbocycles. The lowest BCUT2D eigenvalue weighted by molar-refractivity contribution is -0.125. The van der Waals surface area contributed by atoms with Gasteiger partial charge in [0.05, 0.1) is 11.2 Å². The summed E-state index contributed by atoms with van der Waals surface area (Å²) in [5.41, 5.74) is 0.0133. The lowest BCUT2D eigenvalue weighted by Gasteiger charge is -2.27. The van der Waals surface area contributed by atoms with Crippen molar-refractivity contribution in [1.82, 2.24) is 19.6 Å². The maximum absolute atomic E-state index is 14.6. The van der Waals surface area contributed by atoms with Crippen molar-refractivity contribution in [3.05, 3.63) is 35.7 Å². The third-order valence-corrected chi connectivity index (χ3v) is 6.75. The number of pyridine rings is 1. The first-order valence-electron chi connectivity index (χ1n) is 11.4. The minimum atomic E-state index is -0.761. The van der Waals surface area contributed by atoms with Gasteiger partial charge in [0, 0.05) is 31.1 Å². The number of nitrogens with one attached hydrogen (secondary N) is 1. The third-order valence-electron chi connectivity index (χ3n) is 6.75. The smallest absolute Gasteiger partial charge is 0.410 e. The summed E-state index contributed by atoms with van der Waals surface area (Å²) in [5, 5.41) is 3.15. The van der Waals surface area contributed by atoms with Crippen LogP contribution in [0.4, 0.5) is 9.18 Å². The van der Waals surface area contributed by atoms with Gasteiger partial charge < -0.3 is 15.0 Å². The van der Waals surface area contributed by atoms with Gasteiger partial charge in [-0.2, -0.15) is 0 Å². The number of nitrogens with zero attached hydrogens (tertiary/aromatic N) is 3. The number of aromatic nitrogens is 2. The summed E-state index contributed by atoms with van der Waals surface area (Å²) in [6, 6.07) is 3.12. The van der Waals surface area contributed by atoms with Crippen LogP contribution in [-0.2, 0) is 15.1 Å². The summed E-state index contributed by atoms with van der Waals surface area (Å²) in [4.78, 5) is 31.9. The summed E-state index contributed by atoms with van der Waals surface area (Å²) in [6.07, 6.45) is 3.53. The van der Waals surface area contributed by atoms with Crippen LogP contribution in [0.25, 0.3) is 5.52 Å². The van der Waals surface area contributed by atoms with Crippen LogP contribution in [0.1, 0.15) is 64.9 Å². The molecule has 5 rings (SSSR count). The highest BCUT2D eigenvalue weighted by molar-refractivity contribution is 5.84. The fourth-order valence-electron chi connectivity index (χ4n) is 5.05. The number of amides is 2.